The first-order valence-corrected chi connectivity index (χ1v) is 7.24. The van der Waals surface area contributed by atoms with Gasteiger partial charge in [0.2, 0.25) is 0 Å². The molecule has 1 aromatic carbocycles. The van der Waals surface area contributed by atoms with E-state index in [-0.39, 0.29) is 0 Å². The van der Waals surface area contributed by atoms with E-state index in [1.807, 2.05) is 0 Å². The maximum Gasteiger partial charge on any atom is -0.0188 e. The van der Waals surface area contributed by atoms with Crippen molar-refractivity contribution in [3.05, 3.63) is 51.6 Å². The van der Waals surface area contributed by atoms with Crippen LogP contribution in [-0.2, 0) is 0 Å². The Morgan fingerprint density at radius 3 is 2.26 bits per heavy atom. The van der Waals surface area contributed by atoms with Gasteiger partial charge in [-0.15, -0.1) is 0 Å². The fraction of sp³-hybridized carbons (Fsp3) is 0.474. The highest BCUT2D eigenvalue weighted by Crippen LogP contribution is 2.31. The maximum atomic E-state index is 4.03. The molecule has 19 heavy (non-hydrogen) atoms. The van der Waals surface area contributed by atoms with Crippen LogP contribution in [0.1, 0.15) is 67.9 Å². The summed E-state index contributed by atoms with van der Waals surface area (Å²) in [5.41, 5.74) is 9.54. The minimum absolute atomic E-state index is 0.623. The topological polar surface area (TPSA) is 0 Å². The van der Waals surface area contributed by atoms with Crippen molar-refractivity contribution in [2.45, 2.75) is 60.8 Å². The molecule has 0 aliphatic heterocycles. The van der Waals surface area contributed by atoms with Gasteiger partial charge in [0, 0.05) is 0 Å². The average Bonchev–Trinajstić information content (AvgIpc) is 2.33. The van der Waals surface area contributed by atoms with Gasteiger partial charge in [-0.2, -0.15) is 0 Å². The van der Waals surface area contributed by atoms with Crippen LogP contribution in [0.2, 0.25) is 0 Å². The first kappa shape index (κ1) is 15.8. The zero-order valence-electron chi connectivity index (χ0n) is 13.6. The molecule has 0 aromatic heterocycles. The highest BCUT2D eigenvalue weighted by atomic mass is 14.2. The average molecular weight is 256 g/mol. The van der Waals surface area contributed by atoms with Crippen molar-refractivity contribution in [2.75, 3.05) is 0 Å². The van der Waals surface area contributed by atoms with Crippen molar-refractivity contribution in [3.63, 3.8) is 0 Å². The lowest BCUT2D eigenvalue weighted by Crippen LogP contribution is -2.03. The van der Waals surface area contributed by atoms with Crippen LogP contribution >= 0.6 is 0 Å². The number of rotatable bonds is 4. The second-order valence-electron chi connectivity index (χ2n) is 5.88. The first-order chi connectivity index (χ1) is 8.79. The summed E-state index contributed by atoms with van der Waals surface area (Å²) >= 11 is 0. The van der Waals surface area contributed by atoms with E-state index >= 15 is 0 Å². The fourth-order valence-corrected chi connectivity index (χ4v) is 2.74. The highest BCUT2D eigenvalue weighted by Gasteiger charge is 2.14. The molecular weight excluding hydrogens is 228 g/mol. The summed E-state index contributed by atoms with van der Waals surface area (Å²) in [6.45, 7) is 19.5. The minimum atomic E-state index is 0.623. The van der Waals surface area contributed by atoms with Gasteiger partial charge in [0.05, 0.1) is 0 Å². The Bertz CT molecular complexity index is 515. The zero-order chi connectivity index (χ0) is 14.7. The van der Waals surface area contributed by atoms with Crippen LogP contribution in [0.4, 0.5) is 0 Å². The van der Waals surface area contributed by atoms with Gasteiger partial charge >= 0.3 is 0 Å². The maximum absolute atomic E-state index is 4.03. The number of aryl methyl sites for hydroxylation is 2. The Hall–Kier alpha value is -1.30. The molecule has 0 saturated carbocycles. The molecule has 0 heteroatoms. The van der Waals surface area contributed by atoms with Crippen molar-refractivity contribution >= 4 is 6.08 Å². The standard InChI is InChI=1S/C19H28/c1-9-13(4)19-16(7)10-15(6)18(17(19)8)11-14(5)12(2)3/h10-11,13H,2,9H2,1,3-8H3/b14-11+. The van der Waals surface area contributed by atoms with E-state index in [0.29, 0.717) is 5.92 Å². The highest BCUT2D eigenvalue weighted by molar-refractivity contribution is 5.65. The third-order valence-corrected chi connectivity index (χ3v) is 4.23. The fourth-order valence-electron chi connectivity index (χ4n) is 2.74. The molecule has 1 atom stereocenters. The Morgan fingerprint density at radius 1 is 1.21 bits per heavy atom. The van der Waals surface area contributed by atoms with Crippen LogP contribution in [0, 0.1) is 20.8 Å². The predicted octanol–water partition coefficient (Wildman–Crippen LogP) is 6.10. The molecule has 0 heterocycles. The molecule has 0 bridgehead atoms. The molecule has 0 amide bonds. The molecule has 104 valence electrons. The summed E-state index contributed by atoms with van der Waals surface area (Å²) in [5, 5.41) is 0. The molecule has 1 rings (SSSR count). The van der Waals surface area contributed by atoms with Crippen molar-refractivity contribution in [2.24, 2.45) is 0 Å². The van der Waals surface area contributed by atoms with Crippen molar-refractivity contribution in [3.8, 4) is 0 Å². The number of hydrogen-bond acceptors (Lipinski definition) is 0. The van der Waals surface area contributed by atoms with E-state index < -0.39 is 0 Å². The van der Waals surface area contributed by atoms with Gasteiger partial charge in [-0.25, -0.2) is 0 Å². The van der Waals surface area contributed by atoms with E-state index in [2.05, 4.69) is 67.2 Å². The molecule has 1 unspecified atom stereocenters. The summed E-state index contributed by atoms with van der Waals surface area (Å²) < 4.78 is 0. The second-order valence-corrected chi connectivity index (χ2v) is 5.88. The van der Waals surface area contributed by atoms with Gasteiger partial charge in [-0.05, 0) is 80.3 Å². The molecule has 0 spiro atoms. The van der Waals surface area contributed by atoms with Gasteiger partial charge in [0.15, 0.2) is 0 Å². The van der Waals surface area contributed by atoms with Crippen LogP contribution in [0.25, 0.3) is 6.08 Å². The molecule has 1 aromatic rings. The van der Waals surface area contributed by atoms with Crippen molar-refractivity contribution in [1.82, 2.24) is 0 Å². The molecule has 0 aliphatic carbocycles. The van der Waals surface area contributed by atoms with E-state index in [9.17, 15) is 0 Å². The Balaban J connectivity index is 3.50. The molecule has 0 saturated heterocycles. The van der Waals surface area contributed by atoms with Gasteiger partial charge in [-0.3, -0.25) is 0 Å². The minimum Gasteiger partial charge on any atom is -0.0958 e. The van der Waals surface area contributed by atoms with E-state index in [4.69, 9.17) is 0 Å². The van der Waals surface area contributed by atoms with Gasteiger partial charge < -0.3 is 0 Å². The van der Waals surface area contributed by atoms with Crippen LogP contribution in [-0.4, -0.2) is 0 Å². The van der Waals surface area contributed by atoms with Crippen LogP contribution < -0.4 is 0 Å². The summed E-state index contributed by atoms with van der Waals surface area (Å²) in [5.74, 6) is 0.623. The van der Waals surface area contributed by atoms with Crippen LogP contribution in [0.3, 0.4) is 0 Å². The lowest BCUT2D eigenvalue weighted by Gasteiger charge is -2.20. The molecule has 0 aliphatic rings. The molecule has 0 N–H and O–H groups in total. The quantitative estimate of drug-likeness (QED) is 0.570. The third kappa shape index (κ3) is 3.37. The van der Waals surface area contributed by atoms with Gasteiger partial charge in [0.1, 0.15) is 0 Å². The Morgan fingerprint density at radius 2 is 1.79 bits per heavy atom. The third-order valence-electron chi connectivity index (χ3n) is 4.23. The number of benzene rings is 1. The summed E-state index contributed by atoms with van der Waals surface area (Å²) in [6, 6.07) is 2.33. The van der Waals surface area contributed by atoms with Crippen molar-refractivity contribution < 1.29 is 0 Å². The van der Waals surface area contributed by atoms with Gasteiger partial charge in [-0.1, -0.05) is 38.1 Å². The Labute approximate surface area is 119 Å². The smallest absolute Gasteiger partial charge is 0.0188 e. The molecular formula is C19H28. The summed E-state index contributed by atoms with van der Waals surface area (Å²) in [4.78, 5) is 0. The lowest BCUT2D eigenvalue weighted by molar-refractivity contribution is 0.722. The normalized spacial score (nSPS) is 13.5. The Kier molecular flexibility index (Phi) is 5.17. The van der Waals surface area contributed by atoms with E-state index in [1.165, 1.54) is 39.8 Å². The van der Waals surface area contributed by atoms with Crippen molar-refractivity contribution in [1.29, 1.82) is 0 Å². The molecule has 0 nitrogen and oxygen atoms in total. The monoisotopic (exact) mass is 256 g/mol. The number of hydrogen-bond donors (Lipinski definition) is 0. The van der Waals surface area contributed by atoms with Crippen LogP contribution in [0.5, 0.6) is 0 Å². The first-order valence-electron chi connectivity index (χ1n) is 7.24. The summed E-state index contributed by atoms with van der Waals surface area (Å²) in [7, 11) is 0. The predicted molar refractivity (Wildman–Crippen MR) is 87.8 cm³/mol. The zero-order valence-corrected chi connectivity index (χ0v) is 13.6. The molecule has 0 fully saturated rings. The lowest BCUT2D eigenvalue weighted by atomic mass is 9.85. The van der Waals surface area contributed by atoms with Gasteiger partial charge in [0.25, 0.3) is 0 Å². The second kappa shape index (κ2) is 6.23. The largest absolute Gasteiger partial charge is 0.0958 e. The van der Waals surface area contributed by atoms with E-state index in [1.54, 1.807) is 0 Å². The number of allylic oxidation sites excluding steroid dienone is 2. The SMILES string of the molecule is C=C(C)/C(C)=C/c1c(C)cc(C)c(C(C)CC)c1C. The summed E-state index contributed by atoms with van der Waals surface area (Å²) in [6.07, 6.45) is 3.48. The van der Waals surface area contributed by atoms with Crippen LogP contribution in [0.15, 0.2) is 23.8 Å². The molecule has 0 radical (unpaired) electrons. The van der Waals surface area contributed by atoms with E-state index in [0.717, 1.165) is 5.57 Å².